The summed E-state index contributed by atoms with van der Waals surface area (Å²) in [5.74, 6) is 0.331. The van der Waals surface area contributed by atoms with E-state index in [1.165, 1.54) is 0 Å². The number of rotatable bonds is 4. The van der Waals surface area contributed by atoms with E-state index in [1.54, 1.807) is 24.9 Å². The van der Waals surface area contributed by atoms with Gasteiger partial charge in [0.1, 0.15) is 6.10 Å². The van der Waals surface area contributed by atoms with Crippen molar-refractivity contribution in [1.29, 1.82) is 0 Å². The summed E-state index contributed by atoms with van der Waals surface area (Å²) in [7, 11) is 1.77. The highest BCUT2D eigenvalue weighted by atomic mass is 35.5. The van der Waals surface area contributed by atoms with Crippen molar-refractivity contribution in [2.75, 3.05) is 5.88 Å². The van der Waals surface area contributed by atoms with Gasteiger partial charge in [0.05, 0.1) is 11.8 Å². The van der Waals surface area contributed by atoms with Crippen LogP contribution < -0.4 is 0 Å². The van der Waals surface area contributed by atoms with Crippen LogP contribution in [0.2, 0.25) is 0 Å². The number of nitrogens with zero attached hydrogens (tertiary/aromatic N) is 2. The molecule has 2 N–H and O–H groups in total. The zero-order valence-electron chi connectivity index (χ0n) is 8.31. The fourth-order valence-corrected chi connectivity index (χ4v) is 1.61. The zero-order chi connectivity index (χ0) is 10.7. The van der Waals surface area contributed by atoms with Gasteiger partial charge in [0, 0.05) is 24.7 Å². The van der Waals surface area contributed by atoms with Gasteiger partial charge in [-0.15, -0.1) is 11.6 Å². The number of alkyl halides is 1. The Morgan fingerprint density at radius 2 is 2.21 bits per heavy atom. The molecular weight excluding hydrogens is 204 g/mol. The molecule has 0 bridgehead atoms. The third kappa shape index (κ3) is 2.47. The first-order valence-corrected chi connectivity index (χ1v) is 5.02. The number of halogens is 1. The molecule has 0 amide bonds. The minimum absolute atomic E-state index is 0.331. The molecule has 2 unspecified atom stereocenters. The van der Waals surface area contributed by atoms with Crippen molar-refractivity contribution < 1.29 is 10.2 Å². The highest BCUT2D eigenvalue weighted by Gasteiger charge is 2.21. The van der Waals surface area contributed by atoms with E-state index in [0.717, 1.165) is 5.69 Å². The molecule has 0 fully saturated rings. The largest absolute Gasteiger partial charge is 0.390 e. The Kier molecular flexibility index (Phi) is 3.92. The Hall–Kier alpha value is -0.580. The highest BCUT2D eigenvalue weighted by molar-refractivity contribution is 6.17. The van der Waals surface area contributed by atoms with Crippen molar-refractivity contribution in [3.8, 4) is 0 Å². The molecular formula is C9H15ClN2O2. The normalized spacial score (nSPS) is 15.5. The third-order valence-electron chi connectivity index (χ3n) is 2.14. The van der Waals surface area contributed by atoms with Crippen molar-refractivity contribution in [3.63, 3.8) is 0 Å². The molecule has 0 spiro atoms. The monoisotopic (exact) mass is 218 g/mol. The van der Waals surface area contributed by atoms with Gasteiger partial charge in [0.15, 0.2) is 0 Å². The number of aliphatic hydroxyl groups excluding tert-OH is 2. The lowest BCUT2D eigenvalue weighted by Gasteiger charge is -2.15. The molecule has 0 saturated heterocycles. The minimum atomic E-state index is -0.901. The van der Waals surface area contributed by atoms with Gasteiger partial charge < -0.3 is 10.2 Å². The highest BCUT2D eigenvalue weighted by Crippen LogP contribution is 2.21. The van der Waals surface area contributed by atoms with E-state index in [2.05, 4.69) is 5.10 Å². The zero-order valence-corrected chi connectivity index (χ0v) is 9.07. The van der Waals surface area contributed by atoms with E-state index in [-0.39, 0.29) is 0 Å². The van der Waals surface area contributed by atoms with Crippen LogP contribution in [0.5, 0.6) is 0 Å². The predicted octanol–water partition coefficient (Wildman–Crippen LogP) is 0.752. The van der Waals surface area contributed by atoms with Crippen LogP contribution in [0.15, 0.2) is 6.20 Å². The maximum atomic E-state index is 9.75. The van der Waals surface area contributed by atoms with E-state index in [1.807, 2.05) is 0 Å². The van der Waals surface area contributed by atoms with Gasteiger partial charge in [-0.3, -0.25) is 4.68 Å². The SMILES string of the molecule is Cc1nn(C)cc1C(O)C(O)CCCl. The van der Waals surface area contributed by atoms with Crippen LogP contribution in [0.25, 0.3) is 0 Å². The van der Waals surface area contributed by atoms with Crippen molar-refractivity contribution in [2.45, 2.75) is 25.6 Å². The summed E-state index contributed by atoms with van der Waals surface area (Å²) in [5, 5.41) is 23.4. The van der Waals surface area contributed by atoms with Gasteiger partial charge in [-0.05, 0) is 13.3 Å². The summed E-state index contributed by atoms with van der Waals surface area (Å²) in [4.78, 5) is 0. The molecule has 14 heavy (non-hydrogen) atoms. The van der Waals surface area contributed by atoms with E-state index < -0.39 is 12.2 Å². The third-order valence-corrected chi connectivity index (χ3v) is 2.36. The number of hydrogen-bond acceptors (Lipinski definition) is 3. The molecule has 0 aliphatic heterocycles. The first kappa shape index (κ1) is 11.5. The Morgan fingerprint density at radius 3 is 2.64 bits per heavy atom. The first-order valence-electron chi connectivity index (χ1n) is 4.48. The molecule has 0 aliphatic carbocycles. The molecule has 5 heteroatoms. The Bertz CT molecular complexity index is 301. The van der Waals surface area contributed by atoms with Crippen LogP contribution in [0.4, 0.5) is 0 Å². The van der Waals surface area contributed by atoms with Gasteiger partial charge in [0.25, 0.3) is 0 Å². The van der Waals surface area contributed by atoms with Gasteiger partial charge in [-0.25, -0.2) is 0 Å². The summed E-state index contributed by atoms with van der Waals surface area (Å²) >= 11 is 5.48. The fraction of sp³-hybridized carbons (Fsp3) is 0.667. The Balaban J connectivity index is 2.77. The topological polar surface area (TPSA) is 58.3 Å². The number of aliphatic hydroxyl groups is 2. The molecule has 2 atom stereocenters. The second kappa shape index (κ2) is 4.77. The summed E-state index contributed by atoms with van der Waals surface area (Å²) < 4.78 is 1.61. The molecule has 1 rings (SSSR count). The molecule has 0 saturated carbocycles. The molecule has 0 aliphatic rings. The van der Waals surface area contributed by atoms with Crippen molar-refractivity contribution in [2.24, 2.45) is 7.05 Å². The molecule has 0 aromatic carbocycles. The van der Waals surface area contributed by atoms with Crippen LogP contribution in [0.1, 0.15) is 23.8 Å². The second-order valence-corrected chi connectivity index (χ2v) is 3.71. The predicted molar refractivity (Wildman–Crippen MR) is 54.2 cm³/mol. The minimum Gasteiger partial charge on any atom is -0.390 e. The van der Waals surface area contributed by atoms with Crippen molar-refractivity contribution >= 4 is 11.6 Å². The van der Waals surface area contributed by atoms with E-state index in [0.29, 0.717) is 17.9 Å². The van der Waals surface area contributed by atoms with Crippen LogP contribution in [0, 0.1) is 6.92 Å². The van der Waals surface area contributed by atoms with E-state index >= 15 is 0 Å². The molecule has 1 aromatic rings. The van der Waals surface area contributed by atoms with Gasteiger partial charge >= 0.3 is 0 Å². The smallest absolute Gasteiger partial charge is 0.108 e. The average molecular weight is 219 g/mol. The maximum Gasteiger partial charge on any atom is 0.108 e. The molecule has 80 valence electrons. The van der Waals surface area contributed by atoms with Gasteiger partial charge in [0.2, 0.25) is 0 Å². The van der Waals surface area contributed by atoms with E-state index in [9.17, 15) is 10.2 Å². The summed E-state index contributed by atoms with van der Waals surface area (Å²) in [5.41, 5.74) is 1.39. The summed E-state index contributed by atoms with van der Waals surface area (Å²) in [6.45, 7) is 1.80. The second-order valence-electron chi connectivity index (χ2n) is 3.33. The van der Waals surface area contributed by atoms with E-state index in [4.69, 9.17) is 11.6 Å². The van der Waals surface area contributed by atoms with Crippen LogP contribution in [-0.2, 0) is 7.05 Å². The number of hydrogen-bond donors (Lipinski definition) is 2. The van der Waals surface area contributed by atoms with Crippen LogP contribution >= 0.6 is 11.6 Å². The van der Waals surface area contributed by atoms with Crippen LogP contribution in [0.3, 0.4) is 0 Å². The fourth-order valence-electron chi connectivity index (χ4n) is 1.39. The Morgan fingerprint density at radius 1 is 1.57 bits per heavy atom. The quantitative estimate of drug-likeness (QED) is 0.734. The first-order chi connectivity index (χ1) is 6.56. The molecule has 1 aromatic heterocycles. The van der Waals surface area contributed by atoms with Crippen molar-refractivity contribution in [3.05, 3.63) is 17.5 Å². The van der Waals surface area contributed by atoms with Gasteiger partial charge in [-0.1, -0.05) is 0 Å². The lowest BCUT2D eigenvalue weighted by molar-refractivity contribution is 0.0166. The lowest BCUT2D eigenvalue weighted by atomic mass is 10.0. The van der Waals surface area contributed by atoms with Crippen LogP contribution in [-0.4, -0.2) is 32.0 Å². The van der Waals surface area contributed by atoms with Gasteiger partial charge in [-0.2, -0.15) is 5.10 Å². The van der Waals surface area contributed by atoms with Crippen molar-refractivity contribution in [1.82, 2.24) is 9.78 Å². The Labute approximate surface area is 88.1 Å². The number of aryl methyl sites for hydroxylation is 2. The summed E-state index contributed by atoms with van der Waals surface area (Å²) in [6.07, 6.45) is 0.354. The standard InChI is InChI=1S/C9H15ClN2O2/c1-6-7(5-12(2)11-6)9(14)8(13)3-4-10/h5,8-9,13-14H,3-4H2,1-2H3. The maximum absolute atomic E-state index is 9.75. The lowest BCUT2D eigenvalue weighted by Crippen LogP contribution is -2.18. The average Bonchev–Trinajstić information content (AvgIpc) is 2.44. The number of aromatic nitrogens is 2. The summed E-state index contributed by atoms with van der Waals surface area (Å²) in [6, 6.07) is 0. The molecule has 0 radical (unpaired) electrons. The molecule has 1 heterocycles. The molecule has 4 nitrogen and oxygen atoms in total.